The van der Waals surface area contributed by atoms with E-state index in [9.17, 15) is 9.18 Å². The van der Waals surface area contributed by atoms with Crippen molar-refractivity contribution in [2.24, 2.45) is 0 Å². The van der Waals surface area contributed by atoms with E-state index in [2.05, 4.69) is 5.32 Å². The summed E-state index contributed by atoms with van der Waals surface area (Å²) in [7, 11) is 0. The number of piperazine rings is 1. The standard InChI is InChI=1S/C21H25FN2O3/c1-16-7-8-20(19(22)13-16)26-12-9-18-14-24(11-10-23-18)21(25)27-15-17-5-3-2-4-6-17/h2-8,13,18,23H,9-12,14-15H2,1H3/t18-/m1/s1. The lowest BCUT2D eigenvalue weighted by atomic mass is 10.1. The minimum absolute atomic E-state index is 0.0940. The van der Waals surface area contributed by atoms with Gasteiger partial charge in [0.05, 0.1) is 6.61 Å². The van der Waals surface area contributed by atoms with Gasteiger partial charge in [-0.05, 0) is 36.6 Å². The molecule has 5 nitrogen and oxygen atoms in total. The van der Waals surface area contributed by atoms with Crippen molar-refractivity contribution in [2.45, 2.75) is 26.0 Å². The lowest BCUT2D eigenvalue weighted by Gasteiger charge is -2.33. The average Bonchev–Trinajstić information content (AvgIpc) is 2.69. The Labute approximate surface area is 159 Å². The van der Waals surface area contributed by atoms with E-state index >= 15 is 0 Å². The molecule has 0 radical (unpaired) electrons. The molecule has 27 heavy (non-hydrogen) atoms. The molecule has 2 aromatic carbocycles. The Bertz CT molecular complexity index is 754. The maximum absolute atomic E-state index is 13.8. The van der Waals surface area contributed by atoms with Crippen LogP contribution in [0.5, 0.6) is 5.75 Å². The highest BCUT2D eigenvalue weighted by Crippen LogP contribution is 2.18. The van der Waals surface area contributed by atoms with Gasteiger partial charge < -0.3 is 19.7 Å². The number of benzene rings is 2. The number of carbonyl (C=O) groups excluding carboxylic acids is 1. The molecular formula is C21H25FN2O3. The summed E-state index contributed by atoms with van der Waals surface area (Å²) in [6, 6.07) is 14.6. The van der Waals surface area contributed by atoms with Crippen LogP contribution >= 0.6 is 0 Å². The van der Waals surface area contributed by atoms with E-state index in [1.54, 1.807) is 11.0 Å². The third kappa shape index (κ3) is 5.69. The van der Waals surface area contributed by atoms with Crippen molar-refractivity contribution in [1.82, 2.24) is 10.2 Å². The van der Waals surface area contributed by atoms with Gasteiger partial charge in [-0.15, -0.1) is 0 Å². The summed E-state index contributed by atoms with van der Waals surface area (Å²) >= 11 is 0. The third-order valence-electron chi connectivity index (χ3n) is 4.53. The molecule has 0 unspecified atom stereocenters. The summed E-state index contributed by atoms with van der Waals surface area (Å²) in [5, 5.41) is 3.36. The Morgan fingerprint density at radius 3 is 2.85 bits per heavy atom. The molecule has 0 saturated carbocycles. The Morgan fingerprint density at radius 1 is 1.26 bits per heavy atom. The molecule has 1 N–H and O–H groups in total. The van der Waals surface area contributed by atoms with Gasteiger partial charge in [-0.25, -0.2) is 9.18 Å². The van der Waals surface area contributed by atoms with Gasteiger partial charge in [-0.2, -0.15) is 0 Å². The van der Waals surface area contributed by atoms with E-state index in [4.69, 9.17) is 9.47 Å². The number of hydrogen-bond donors (Lipinski definition) is 1. The number of carbonyl (C=O) groups is 1. The molecule has 0 aromatic heterocycles. The van der Waals surface area contributed by atoms with E-state index in [0.717, 1.165) is 11.1 Å². The molecular weight excluding hydrogens is 347 g/mol. The largest absolute Gasteiger partial charge is 0.490 e. The Kier molecular flexibility index (Phi) is 6.65. The van der Waals surface area contributed by atoms with E-state index in [1.807, 2.05) is 43.3 Å². The molecule has 0 spiro atoms. The first-order chi connectivity index (χ1) is 13.1. The van der Waals surface area contributed by atoms with Crippen LogP contribution in [0.25, 0.3) is 0 Å². The lowest BCUT2D eigenvalue weighted by molar-refractivity contribution is 0.0826. The van der Waals surface area contributed by atoms with Crippen LogP contribution in [-0.2, 0) is 11.3 Å². The van der Waals surface area contributed by atoms with Gasteiger partial charge in [0.15, 0.2) is 11.6 Å². The van der Waals surface area contributed by atoms with Crippen molar-refractivity contribution in [3.63, 3.8) is 0 Å². The summed E-state index contributed by atoms with van der Waals surface area (Å²) < 4.78 is 24.7. The van der Waals surface area contributed by atoms with Crippen LogP contribution in [0.2, 0.25) is 0 Å². The van der Waals surface area contributed by atoms with Gasteiger partial charge in [0.2, 0.25) is 0 Å². The molecule has 1 saturated heterocycles. The zero-order valence-corrected chi connectivity index (χ0v) is 15.5. The van der Waals surface area contributed by atoms with E-state index in [-0.39, 0.29) is 30.3 Å². The maximum atomic E-state index is 13.8. The van der Waals surface area contributed by atoms with Gasteiger partial charge in [0, 0.05) is 25.7 Å². The third-order valence-corrected chi connectivity index (χ3v) is 4.53. The molecule has 1 fully saturated rings. The summed E-state index contributed by atoms with van der Waals surface area (Å²) in [6.07, 6.45) is 0.367. The normalized spacial score (nSPS) is 16.8. The number of aryl methyl sites for hydroxylation is 1. The number of rotatable bonds is 6. The fraction of sp³-hybridized carbons (Fsp3) is 0.381. The van der Waals surface area contributed by atoms with Crippen molar-refractivity contribution in [2.75, 3.05) is 26.2 Å². The Morgan fingerprint density at radius 2 is 2.07 bits per heavy atom. The van der Waals surface area contributed by atoms with Crippen LogP contribution < -0.4 is 10.1 Å². The summed E-state index contributed by atoms with van der Waals surface area (Å²) in [4.78, 5) is 14.0. The molecule has 2 aromatic rings. The molecule has 3 rings (SSSR count). The molecule has 1 aliphatic rings. The SMILES string of the molecule is Cc1ccc(OCC[C@@H]2CN(C(=O)OCc3ccccc3)CCN2)c(F)c1. The fourth-order valence-corrected chi connectivity index (χ4v) is 3.03. The van der Waals surface area contributed by atoms with E-state index < -0.39 is 0 Å². The smallest absolute Gasteiger partial charge is 0.410 e. The van der Waals surface area contributed by atoms with Gasteiger partial charge in [0.25, 0.3) is 0 Å². The first-order valence-corrected chi connectivity index (χ1v) is 9.20. The fourth-order valence-electron chi connectivity index (χ4n) is 3.03. The average molecular weight is 372 g/mol. The number of hydrogen-bond acceptors (Lipinski definition) is 4. The molecule has 144 valence electrons. The first-order valence-electron chi connectivity index (χ1n) is 9.20. The molecule has 0 aliphatic carbocycles. The van der Waals surface area contributed by atoms with Crippen molar-refractivity contribution in [3.8, 4) is 5.75 Å². The topological polar surface area (TPSA) is 50.8 Å². The van der Waals surface area contributed by atoms with Crippen molar-refractivity contribution < 1.29 is 18.7 Å². The predicted octanol–water partition coefficient (Wildman–Crippen LogP) is 3.51. The van der Waals surface area contributed by atoms with Gasteiger partial charge >= 0.3 is 6.09 Å². The minimum Gasteiger partial charge on any atom is -0.490 e. The van der Waals surface area contributed by atoms with Gasteiger partial charge in [-0.3, -0.25) is 0 Å². The van der Waals surface area contributed by atoms with Crippen LogP contribution in [0.3, 0.4) is 0 Å². The van der Waals surface area contributed by atoms with Crippen LogP contribution in [0.1, 0.15) is 17.5 Å². The molecule has 6 heteroatoms. The maximum Gasteiger partial charge on any atom is 0.410 e. The van der Waals surface area contributed by atoms with Crippen molar-refractivity contribution >= 4 is 6.09 Å². The van der Waals surface area contributed by atoms with Gasteiger partial charge in [0.1, 0.15) is 6.61 Å². The zero-order valence-electron chi connectivity index (χ0n) is 15.5. The van der Waals surface area contributed by atoms with Crippen LogP contribution in [-0.4, -0.2) is 43.3 Å². The molecule has 1 atom stereocenters. The summed E-state index contributed by atoms with van der Waals surface area (Å²) in [5.41, 5.74) is 1.82. The van der Waals surface area contributed by atoms with E-state index in [0.29, 0.717) is 32.7 Å². The number of halogens is 1. The number of amides is 1. The van der Waals surface area contributed by atoms with Crippen molar-refractivity contribution in [3.05, 3.63) is 65.5 Å². The minimum atomic E-state index is -0.349. The highest BCUT2D eigenvalue weighted by Gasteiger charge is 2.24. The second-order valence-corrected chi connectivity index (χ2v) is 6.71. The van der Waals surface area contributed by atoms with Crippen LogP contribution in [0, 0.1) is 12.7 Å². The van der Waals surface area contributed by atoms with Gasteiger partial charge in [-0.1, -0.05) is 36.4 Å². The Balaban J connectivity index is 1.42. The zero-order chi connectivity index (χ0) is 19.1. The molecule has 1 aliphatic heterocycles. The lowest BCUT2D eigenvalue weighted by Crippen LogP contribution is -2.53. The second-order valence-electron chi connectivity index (χ2n) is 6.71. The summed E-state index contributed by atoms with van der Waals surface area (Å²) in [6.45, 7) is 4.34. The van der Waals surface area contributed by atoms with Crippen LogP contribution in [0.4, 0.5) is 9.18 Å². The van der Waals surface area contributed by atoms with E-state index in [1.165, 1.54) is 6.07 Å². The quantitative estimate of drug-likeness (QED) is 0.843. The number of nitrogens with one attached hydrogen (secondary N) is 1. The summed E-state index contributed by atoms with van der Waals surface area (Å²) in [5.74, 6) is -0.0896. The van der Waals surface area contributed by atoms with Crippen LogP contribution in [0.15, 0.2) is 48.5 Å². The first kappa shape index (κ1) is 19.2. The molecule has 1 heterocycles. The second kappa shape index (κ2) is 9.37. The molecule has 1 amide bonds. The highest BCUT2D eigenvalue weighted by atomic mass is 19.1. The Hall–Kier alpha value is -2.60. The van der Waals surface area contributed by atoms with Crippen molar-refractivity contribution in [1.29, 1.82) is 0 Å². The highest BCUT2D eigenvalue weighted by molar-refractivity contribution is 5.67. The molecule has 0 bridgehead atoms. The monoisotopic (exact) mass is 372 g/mol. The number of ether oxygens (including phenoxy) is 2. The predicted molar refractivity (Wildman–Crippen MR) is 101 cm³/mol. The number of nitrogens with zero attached hydrogens (tertiary/aromatic N) is 1.